The third-order valence-electron chi connectivity index (χ3n) is 4.98. The van der Waals surface area contributed by atoms with Crippen LogP contribution in [0.15, 0.2) is 18.2 Å². The van der Waals surface area contributed by atoms with Crippen LogP contribution in [0.1, 0.15) is 38.0 Å². The van der Waals surface area contributed by atoms with Crippen molar-refractivity contribution in [3.8, 4) is 0 Å². The van der Waals surface area contributed by atoms with Crippen molar-refractivity contribution in [3.63, 3.8) is 0 Å². The highest BCUT2D eigenvalue weighted by atomic mass is 35.5. The van der Waals surface area contributed by atoms with Crippen LogP contribution in [0.3, 0.4) is 0 Å². The Morgan fingerprint density at radius 1 is 1.32 bits per heavy atom. The van der Waals surface area contributed by atoms with Crippen LogP contribution in [0.4, 0.5) is 0 Å². The first-order valence-corrected chi connectivity index (χ1v) is 10.9. The predicted octanol–water partition coefficient (Wildman–Crippen LogP) is 4.75. The summed E-state index contributed by atoms with van der Waals surface area (Å²) < 4.78 is 11.5. The minimum atomic E-state index is -2.01. The average Bonchev–Trinajstić information content (AvgIpc) is 2.76. The van der Waals surface area contributed by atoms with E-state index >= 15 is 0 Å². The summed E-state index contributed by atoms with van der Waals surface area (Å²) in [5, 5.41) is 0.780. The molecule has 0 saturated heterocycles. The van der Waals surface area contributed by atoms with Gasteiger partial charge in [-0.1, -0.05) is 44.5 Å². The minimum absolute atomic E-state index is 0.0784. The quantitative estimate of drug-likeness (QED) is 0.588. The average molecular weight is 341 g/mol. The van der Waals surface area contributed by atoms with Gasteiger partial charge < -0.3 is 9.16 Å². The largest absolute Gasteiger partial charge is 0.469 e. The summed E-state index contributed by atoms with van der Waals surface area (Å²) in [5.41, 5.74) is 2.05. The fourth-order valence-electron chi connectivity index (χ4n) is 2.60. The first-order chi connectivity index (χ1) is 10.1. The normalized spacial score (nSPS) is 21.6. The Hall–Kier alpha value is -0.843. The topological polar surface area (TPSA) is 35.5 Å². The number of carbonyl (C=O) groups excluding carboxylic acids is 1. The van der Waals surface area contributed by atoms with Crippen LogP contribution in [-0.4, -0.2) is 21.4 Å². The van der Waals surface area contributed by atoms with Gasteiger partial charge in [0.1, 0.15) is 0 Å². The van der Waals surface area contributed by atoms with Gasteiger partial charge in [-0.3, -0.25) is 4.79 Å². The second-order valence-corrected chi connectivity index (χ2v) is 12.6. The Balaban J connectivity index is 2.41. The molecular weight excluding hydrogens is 316 g/mol. The van der Waals surface area contributed by atoms with Gasteiger partial charge in [0.25, 0.3) is 0 Å². The molecule has 3 nitrogen and oxygen atoms in total. The molecule has 0 heterocycles. The molecule has 5 heteroatoms. The zero-order chi connectivity index (χ0) is 16.7. The highest BCUT2D eigenvalue weighted by Gasteiger charge is 2.46. The summed E-state index contributed by atoms with van der Waals surface area (Å²) in [6, 6.07) is 5.80. The van der Waals surface area contributed by atoms with Crippen LogP contribution in [0.5, 0.6) is 0 Å². The van der Waals surface area contributed by atoms with E-state index in [0.29, 0.717) is 11.4 Å². The molecule has 0 spiro atoms. The number of fused-ring (bicyclic) bond motifs is 1. The number of carbonyl (C=O) groups is 1. The molecule has 0 amide bonds. The summed E-state index contributed by atoms with van der Waals surface area (Å²) in [4.78, 5) is 12.2. The number of esters is 1. The maximum atomic E-state index is 12.2. The molecule has 0 N–H and O–H groups in total. The summed E-state index contributed by atoms with van der Waals surface area (Å²) in [5.74, 6) is -0.537. The molecule has 1 aliphatic rings. The number of methoxy groups -OCH3 is 1. The van der Waals surface area contributed by atoms with Crippen molar-refractivity contribution in [1.82, 2.24) is 0 Å². The van der Waals surface area contributed by atoms with Crippen molar-refractivity contribution < 1.29 is 14.0 Å². The second kappa shape index (κ2) is 5.98. The number of rotatable bonds is 3. The van der Waals surface area contributed by atoms with Crippen molar-refractivity contribution in [1.29, 1.82) is 0 Å². The van der Waals surface area contributed by atoms with Gasteiger partial charge in [-0.25, -0.2) is 0 Å². The Labute approximate surface area is 139 Å². The SMILES string of the molecule is COC(=O)C1Cc2c(Cl)cccc2C1O[Si](C)(C)C(C)(C)C. The summed E-state index contributed by atoms with van der Waals surface area (Å²) >= 11 is 6.31. The zero-order valence-corrected chi connectivity index (χ0v) is 16.0. The van der Waals surface area contributed by atoms with E-state index in [1.54, 1.807) is 0 Å². The van der Waals surface area contributed by atoms with Crippen LogP contribution in [0, 0.1) is 5.92 Å². The third-order valence-corrected chi connectivity index (χ3v) is 9.79. The summed E-state index contributed by atoms with van der Waals surface area (Å²) in [6.45, 7) is 11.0. The maximum absolute atomic E-state index is 12.2. The molecule has 0 aromatic heterocycles. The van der Waals surface area contributed by atoms with Gasteiger partial charge in [-0.05, 0) is 41.7 Å². The molecule has 1 aliphatic carbocycles. The zero-order valence-electron chi connectivity index (χ0n) is 14.2. The van der Waals surface area contributed by atoms with Gasteiger partial charge in [-0.2, -0.15) is 0 Å². The Morgan fingerprint density at radius 3 is 2.50 bits per heavy atom. The number of hydrogen-bond acceptors (Lipinski definition) is 3. The van der Waals surface area contributed by atoms with Crippen molar-refractivity contribution in [3.05, 3.63) is 34.3 Å². The number of halogens is 1. The van der Waals surface area contributed by atoms with E-state index in [4.69, 9.17) is 20.8 Å². The predicted molar refractivity (Wildman–Crippen MR) is 91.7 cm³/mol. The molecule has 0 fully saturated rings. The first kappa shape index (κ1) is 17.5. The molecule has 0 bridgehead atoms. The maximum Gasteiger partial charge on any atom is 0.311 e. The van der Waals surface area contributed by atoms with E-state index in [2.05, 4.69) is 33.9 Å². The Kier molecular flexibility index (Phi) is 4.76. The van der Waals surface area contributed by atoms with Crippen LogP contribution in [0.25, 0.3) is 0 Å². The van der Waals surface area contributed by atoms with Crippen LogP contribution >= 0.6 is 11.6 Å². The monoisotopic (exact) mass is 340 g/mol. The number of ether oxygens (including phenoxy) is 1. The highest BCUT2D eigenvalue weighted by molar-refractivity contribution is 6.74. The van der Waals surface area contributed by atoms with E-state index < -0.39 is 8.32 Å². The fourth-order valence-corrected chi connectivity index (χ4v) is 4.14. The van der Waals surface area contributed by atoms with Gasteiger partial charge in [0.15, 0.2) is 8.32 Å². The van der Waals surface area contributed by atoms with Gasteiger partial charge >= 0.3 is 5.97 Å². The molecule has 0 radical (unpaired) electrons. The number of benzene rings is 1. The Bertz CT molecular complexity index is 578. The van der Waals surface area contributed by atoms with Crippen LogP contribution < -0.4 is 0 Å². The van der Waals surface area contributed by atoms with E-state index in [9.17, 15) is 4.79 Å². The van der Waals surface area contributed by atoms with Crippen molar-refractivity contribution >= 4 is 25.9 Å². The van der Waals surface area contributed by atoms with Gasteiger partial charge in [0.05, 0.1) is 19.1 Å². The highest BCUT2D eigenvalue weighted by Crippen LogP contribution is 2.47. The molecular formula is C17H25ClO3Si. The van der Waals surface area contributed by atoms with Crippen LogP contribution in [-0.2, 0) is 20.4 Å². The molecule has 22 heavy (non-hydrogen) atoms. The summed E-state index contributed by atoms with van der Waals surface area (Å²) in [6.07, 6.45) is 0.322. The van der Waals surface area contributed by atoms with Crippen LogP contribution in [0.2, 0.25) is 23.2 Å². The van der Waals surface area contributed by atoms with Crippen molar-refractivity contribution in [2.75, 3.05) is 7.11 Å². The lowest BCUT2D eigenvalue weighted by Gasteiger charge is -2.39. The number of hydrogen-bond donors (Lipinski definition) is 0. The molecule has 1 aromatic rings. The lowest BCUT2D eigenvalue weighted by atomic mass is 10.0. The molecule has 1 aromatic carbocycles. The van der Waals surface area contributed by atoms with Gasteiger partial charge in [0.2, 0.25) is 0 Å². The standard InChI is InChI=1S/C17H25ClO3Si/c1-17(2,3)22(5,6)21-15-11-8-7-9-14(18)12(11)10-13(15)16(19)20-4/h7-9,13,15H,10H2,1-6H3. The van der Waals surface area contributed by atoms with E-state index in [-0.39, 0.29) is 23.0 Å². The second-order valence-electron chi connectivity index (χ2n) is 7.44. The molecule has 2 rings (SSSR count). The smallest absolute Gasteiger partial charge is 0.311 e. The summed E-state index contributed by atoms with van der Waals surface area (Å²) in [7, 11) is -0.580. The Morgan fingerprint density at radius 2 is 1.95 bits per heavy atom. The van der Waals surface area contributed by atoms with Crippen molar-refractivity contribution in [2.45, 2.75) is 51.4 Å². The molecule has 2 atom stereocenters. The van der Waals surface area contributed by atoms with Gasteiger partial charge in [0, 0.05) is 5.02 Å². The lowest BCUT2D eigenvalue weighted by molar-refractivity contribution is -0.148. The molecule has 0 saturated carbocycles. The first-order valence-electron chi connectivity index (χ1n) is 7.61. The lowest BCUT2D eigenvalue weighted by Crippen LogP contribution is -2.43. The van der Waals surface area contributed by atoms with Gasteiger partial charge in [-0.15, -0.1) is 0 Å². The fraction of sp³-hybridized carbons (Fsp3) is 0.588. The van der Waals surface area contributed by atoms with E-state index in [0.717, 1.165) is 11.1 Å². The molecule has 122 valence electrons. The third kappa shape index (κ3) is 3.10. The van der Waals surface area contributed by atoms with E-state index in [1.807, 2.05) is 18.2 Å². The molecule has 0 aliphatic heterocycles. The molecule has 2 unspecified atom stereocenters. The van der Waals surface area contributed by atoms with E-state index in [1.165, 1.54) is 7.11 Å². The van der Waals surface area contributed by atoms with Crippen molar-refractivity contribution in [2.24, 2.45) is 5.92 Å². The minimum Gasteiger partial charge on any atom is -0.469 e.